The van der Waals surface area contributed by atoms with Gasteiger partial charge in [0.2, 0.25) is 0 Å². The van der Waals surface area contributed by atoms with Gasteiger partial charge in [0.15, 0.2) is 11.5 Å². The normalized spacial score (nSPS) is 14.7. The predicted octanol–water partition coefficient (Wildman–Crippen LogP) is 9.91. The van der Waals surface area contributed by atoms with Gasteiger partial charge in [0, 0.05) is 24.3 Å². The fraction of sp³-hybridized carbons (Fsp3) is 0.273. The van der Waals surface area contributed by atoms with E-state index in [2.05, 4.69) is 120 Å². The molecule has 5 heteroatoms. The Balaban J connectivity index is 1.20. The van der Waals surface area contributed by atoms with Crippen molar-refractivity contribution < 1.29 is 14.2 Å². The molecule has 1 aromatic heterocycles. The van der Waals surface area contributed by atoms with E-state index in [4.69, 9.17) is 14.2 Å². The lowest BCUT2D eigenvalue weighted by Gasteiger charge is -2.34. The van der Waals surface area contributed by atoms with Gasteiger partial charge in [0.25, 0.3) is 0 Å². The lowest BCUT2D eigenvalue weighted by molar-refractivity contribution is 0.255. The van der Waals surface area contributed by atoms with Crippen LogP contribution in [0.1, 0.15) is 61.3 Å². The van der Waals surface area contributed by atoms with Crippen molar-refractivity contribution in [1.82, 2.24) is 9.88 Å². The molecule has 49 heavy (non-hydrogen) atoms. The van der Waals surface area contributed by atoms with Crippen molar-refractivity contribution in [2.24, 2.45) is 0 Å². The molecule has 6 aromatic rings. The molecule has 7 rings (SSSR count). The summed E-state index contributed by atoms with van der Waals surface area (Å²) in [6, 6.07) is 46.9. The maximum absolute atomic E-state index is 6.55. The van der Waals surface area contributed by atoms with Crippen molar-refractivity contribution >= 4 is 10.9 Å². The fourth-order valence-corrected chi connectivity index (χ4v) is 7.05. The summed E-state index contributed by atoms with van der Waals surface area (Å²) in [5.74, 6) is 2.31. The third kappa shape index (κ3) is 7.68. The Morgan fingerprint density at radius 3 is 1.98 bits per heavy atom. The molecule has 5 aromatic carbocycles. The number of ether oxygens (including phenoxy) is 3. The molecule has 1 fully saturated rings. The minimum Gasteiger partial charge on any atom is -0.492 e. The van der Waals surface area contributed by atoms with Crippen LogP contribution < -0.4 is 19.5 Å². The van der Waals surface area contributed by atoms with E-state index in [1.54, 1.807) is 0 Å². The number of nitrogens with zero attached hydrogens (tertiary/aromatic N) is 1. The second-order valence-electron chi connectivity index (χ2n) is 13.2. The van der Waals surface area contributed by atoms with Gasteiger partial charge < -0.3 is 24.1 Å². The zero-order chi connectivity index (χ0) is 33.3. The van der Waals surface area contributed by atoms with Crippen molar-refractivity contribution in [3.8, 4) is 17.2 Å². The summed E-state index contributed by atoms with van der Waals surface area (Å²) in [5, 5.41) is 4.88. The third-order valence-corrected chi connectivity index (χ3v) is 9.89. The van der Waals surface area contributed by atoms with Crippen molar-refractivity contribution in [3.63, 3.8) is 0 Å². The van der Waals surface area contributed by atoms with Crippen molar-refractivity contribution in [2.75, 3.05) is 13.2 Å². The average molecular weight is 651 g/mol. The van der Waals surface area contributed by atoms with E-state index < -0.39 is 5.54 Å². The number of hydrogen-bond donors (Lipinski definition) is 1. The van der Waals surface area contributed by atoms with Crippen LogP contribution in [0.3, 0.4) is 0 Å². The summed E-state index contributed by atoms with van der Waals surface area (Å²) in [6.45, 7) is 4.70. The van der Waals surface area contributed by atoms with Crippen molar-refractivity contribution in [1.29, 1.82) is 0 Å². The Bertz CT molecular complexity index is 1910. The van der Waals surface area contributed by atoms with Crippen LogP contribution >= 0.6 is 0 Å². The molecule has 0 amide bonds. The number of para-hydroxylation sites is 1. The van der Waals surface area contributed by atoms with Crippen LogP contribution in [0.15, 0.2) is 140 Å². The van der Waals surface area contributed by atoms with Crippen molar-refractivity contribution in [3.05, 3.63) is 162 Å². The van der Waals surface area contributed by atoms with Gasteiger partial charge in [-0.3, -0.25) is 0 Å². The lowest BCUT2D eigenvalue weighted by atomic mass is 9.83. The Morgan fingerprint density at radius 2 is 1.27 bits per heavy atom. The van der Waals surface area contributed by atoms with E-state index in [1.165, 1.54) is 37.5 Å². The van der Waals surface area contributed by atoms with E-state index in [-0.39, 0.29) is 0 Å². The van der Waals surface area contributed by atoms with E-state index >= 15 is 0 Å². The van der Waals surface area contributed by atoms with Gasteiger partial charge in [0.1, 0.15) is 25.6 Å². The highest BCUT2D eigenvalue weighted by Crippen LogP contribution is 2.41. The first-order valence-corrected chi connectivity index (χ1v) is 17.7. The molecular formula is C44H46N2O3. The molecule has 0 radical (unpaired) electrons. The van der Waals surface area contributed by atoms with Crippen LogP contribution in [-0.4, -0.2) is 23.8 Å². The highest BCUT2D eigenvalue weighted by Gasteiger charge is 2.33. The molecule has 0 aliphatic heterocycles. The molecule has 1 saturated carbocycles. The Hall–Kier alpha value is -5.00. The standard InChI is InChI=1S/C44H46N2O3/c1-44(46-29-27-36-17-11-12-20-41(36)46,37-21-24-40(25-22-37)47-30-28-45-39-18-9-4-10-19-39)38-23-26-42(48-32-34-13-5-2-6-14-34)43(31-38)49-33-35-15-7-3-8-16-35/h2-3,5-8,11-17,20-27,29,31,39,45H,4,9-10,18-19,28,30,32-33H2,1H3. The first kappa shape index (κ1) is 32.5. The highest BCUT2D eigenvalue weighted by atomic mass is 16.5. The SMILES string of the molecule is CC(c1ccc(OCCNC2CCCCC2)cc1)(c1ccc(OCc2ccccc2)c(OCc2ccccc2)c1)n1ccc2ccccc21. The van der Waals surface area contributed by atoms with Crippen LogP contribution in [0.4, 0.5) is 0 Å². The number of rotatable bonds is 14. The molecule has 5 nitrogen and oxygen atoms in total. The maximum Gasteiger partial charge on any atom is 0.162 e. The Labute approximate surface area is 290 Å². The van der Waals surface area contributed by atoms with Gasteiger partial charge in [-0.1, -0.05) is 116 Å². The van der Waals surface area contributed by atoms with Crippen LogP contribution in [-0.2, 0) is 18.8 Å². The van der Waals surface area contributed by atoms with E-state index in [9.17, 15) is 0 Å². The Kier molecular flexibility index (Phi) is 10.3. The van der Waals surface area contributed by atoms with E-state index in [0.717, 1.165) is 40.1 Å². The second kappa shape index (κ2) is 15.5. The van der Waals surface area contributed by atoms with Crippen LogP contribution in [0.5, 0.6) is 17.2 Å². The summed E-state index contributed by atoms with van der Waals surface area (Å²) < 4.78 is 21.5. The van der Waals surface area contributed by atoms with Gasteiger partial charge in [0.05, 0.1) is 5.54 Å². The van der Waals surface area contributed by atoms with Gasteiger partial charge >= 0.3 is 0 Å². The topological polar surface area (TPSA) is 44.6 Å². The highest BCUT2D eigenvalue weighted by molar-refractivity contribution is 5.81. The predicted molar refractivity (Wildman–Crippen MR) is 199 cm³/mol. The van der Waals surface area contributed by atoms with Crippen LogP contribution in [0, 0.1) is 0 Å². The monoisotopic (exact) mass is 650 g/mol. The maximum atomic E-state index is 6.55. The summed E-state index contributed by atoms with van der Waals surface area (Å²) in [6.07, 6.45) is 8.78. The van der Waals surface area contributed by atoms with Gasteiger partial charge in [-0.2, -0.15) is 0 Å². The molecule has 0 bridgehead atoms. The molecule has 1 unspecified atom stereocenters. The van der Waals surface area contributed by atoms with Gasteiger partial charge in [-0.05, 0) is 83.8 Å². The summed E-state index contributed by atoms with van der Waals surface area (Å²) in [7, 11) is 0. The number of aromatic nitrogens is 1. The molecule has 1 aliphatic carbocycles. The van der Waals surface area contributed by atoms with Crippen LogP contribution in [0.25, 0.3) is 10.9 Å². The quantitative estimate of drug-likeness (QED) is 0.119. The smallest absolute Gasteiger partial charge is 0.162 e. The summed E-state index contributed by atoms with van der Waals surface area (Å²) >= 11 is 0. The van der Waals surface area contributed by atoms with Crippen molar-refractivity contribution in [2.45, 2.75) is 63.8 Å². The fourth-order valence-electron chi connectivity index (χ4n) is 7.05. The Morgan fingerprint density at radius 1 is 0.633 bits per heavy atom. The number of benzene rings is 5. The molecule has 0 spiro atoms. The minimum atomic E-state index is -0.563. The van der Waals surface area contributed by atoms with Gasteiger partial charge in [-0.15, -0.1) is 0 Å². The number of fused-ring (bicyclic) bond motifs is 1. The summed E-state index contributed by atoms with van der Waals surface area (Å²) in [5.41, 5.74) is 5.05. The first-order chi connectivity index (χ1) is 24.2. The third-order valence-electron chi connectivity index (χ3n) is 9.89. The molecule has 1 aliphatic rings. The molecule has 1 heterocycles. The second-order valence-corrected chi connectivity index (χ2v) is 13.2. The molecule has 1 atom stereocenters. The van der Waals surface area contributed by atoms with Gasteiger partial charge in [-0.25, -0.2) is 0 Å². The lowest BCUT2D eigenvalue weighted by Crippen LogP contribution is -2.34. The van der Waals surface area contributed by atoms with E-state index in [1.807, 2.05) is 36.4 Å². The van der Waals surface area contributed by atoms with E-state index in [0.29, 0.717) is 37.4 Å². The summed E-state index contributed by atoms with van der Waals surface area (Å²) in [4.78, 5) is 0. The number of nitrogens with one attached hydrogen (secondary N) is 1. The zero-order valence-electron chi connectivity index (χ0n) is 28.4. The van der Waals surface area contributed by atoms with Crippen LogP contribution in [0.2, 0.25) is 0 Å². The minimum absolute atomic E-state index is 0.441. The zero-order valence-corrected chi connectivity index (χ0v) is 28.4. The molecule has 0 saturated heterocycles. The first-order valence-electron chi connectivity index (χ1n) is 17.7. The molecular weight excluding hydrogens is 604 g/mol. The average Bonchev–Trinajstić information content (AvgIpc) is 3.61. The molecule has 1 N–H and O–H groups in total. The number of hydrogen-bond acceptors (Lipinski definition) is 4. The molecule has 250 valence electrons. The largest absolute Gasteiger partial charge is 0.492 e.